The maximum Gasteiger partial charge on any atom is 0.499 e. The fraction of sp³-hybridized carbons (Fsp3) is 0.0769. The first kappa shape index (κ1) is 31.6. The molecule has 42 heavy (non-hydrogen) atoms. The third kappa shape index (κ3) is 7.15. The summed E-state index contributed by atoms with van der Waals surface area (Å²) < 4.78 is 3.08. The third-order valence-corrected chi connectivity index (χ3v) is 10.8. The van der Waals surface area contributed by atoms with E-state index in [-0.39, 0.29) is 0 Å². The molecule has 0 bridgehead atoms. The minimum absolute atomic E-state index is 0.407. The molecule has 0 aromatic carbocycles. The highest BCUT2D eigenvalue weighted by Gasteiger charge is 2.16. The highest BCUT2D eigenvalue weighted by molar-refractivity contribution is 9.11. The number of hydrogen-bond donors (Lipinski definition) is 6. The van der Waals surface area contributed by atoms with Crippen molar-refractivity contribution in [2.45, 2.75) is 13.8 Å². The zero-order valence-electron chi connectivity index (χ0n) is 22.1. The Kier molecular flexibility index (Phi) is 9.99. The highest BCUT2D eigenvalue weighted by atomic mass is 79.9. The number of hydrogen-bond acceptors (Lipinski definition) is 12. The van der Waals surface area contributed by atoms with Crippen LogP contribution in [0.3, 0.4) is 0 Å². The number of nitrogens with zero attached hydrogens (tertiary/aromatic N) is 2. The molecule has 6 aromatic rings. The minimum Gasteiger partial charge on any atom is -0.423 e. The number of nitrogen functional groups attached to an aromatic ring is 2. The largest absolute Gasteiger partial charge is 0.499 e. The molecule has 216 valence electrons. The van der Waals surface area contributed by atoms with E-state index in [0.717, 1.165) is 39.3 Å². The van der Waals surface area contributed by atoms with Crippen LogP contribution in [-0.4, -0.2) is 38.9 Å². The summed E-state index contributed by atoms with van der Waals surface area (Å²) >= 11 is 9.29. The standard InChI is InChI=1S/C13H11N3OS2.C8H6BrN3OS.C5H7BO2S/c1-6-2-9(18-5-6)10-3-7-11(19-10)8(13(15)17)4-16-12(7)14;9-5-1-3-6(14-5)4(8(11)13)2-12-7(3)10;1-4-2-5(6(7)8)9-3-4/h2-5H,1H3,(H2,14,16)(H2,15,17);1-2H,(H2,10,12)(H2,11,13);2-3,7-8H,1H3. The third-order valence-electron chi connectivity index (χ3n) is 5.65. The van der Waals surface area contributed by atoms with Crippen molar-refractivity contribution < 1.29 is 19.6 Å². The minimum atomic E-state index is -1.30. The fourth-order valence-electron chi connectivity index (χ4n) is 3.68. The number of anilines is 2. The van der Waals surface area contributed by atoms with Crippen molar-refractivity contribution in [3.63, 3.8) is 0 Å². The van der Waals surface area contributed by atoms with E-state index >= 15 is 0 Å². The second-order valence-corrected chi connectivity index (χ2v) is 14.2. The van der Waals surface area contributed by atoms with Crippen LogP contribution in [-0.2, 0) is 0 Å². The molecule has 0 saturated heterocycles. The Morgan fingerprint density at radius 3 is 1.76 bits per heavy atom. The van der Waals surface area contributed by atoms with Crippen LogP contribution in [0.2, 0.25) is 0 Å². The van der Waals surface area contributed by atoms with Gasteiger partial charge in [-0.2, -0.15) is 11.3 Å². The second-order valence-electron chi connectivity index (χ2n) is 8.88. The van der Waals surface area contributed by atoms with Crippen LogP contribution in [0.15, 0.2) is 51.2 Å². The number of carbonyl (C=O) groups is 2. The molecular weight excluding hydrogens is 679 g/mol. The summed E-state index contributed by atoms with van der Waals surface area (Å²) in [6, 6.07) is 7.67. The lowest BCUT2D eigenvalue weighted by Gasteiger charge is -1.99. The zero-order valence-corrected chi connectivity index (χ0v) is 27.0. The highest BCUT2D eigenvalue weighted by Crippen LogP contribution is 2.39. The van der Waals surface area contributed by atoms with Gasteiger partial charge in [0.05, 0.1) is 24.3 Å². The van der Waals surface area contributed by atoms with Crippen molar-refractivity contribution in [2.24, 2.45) is 11.5 Å². The number of thiophene rings is 4. The van der Waals surface area contributed by atoms with E-state index in [9.17, 15) is 9.59 Å². The van der Waals surface area contributed by atoms with Gasteiger partial charge in [0, 0.05) is 37.7 Å². The Balaban J connectivity index is 0.000000155. The van der Waals surface area contributed by atoms with Crippen molar-refractivity contribution in [1.29, 1.82) is 0 Å². The van der Waals surface area contributed by atoms with E-state index in [0.29, 0.717) is 27.5 Å². The van der Waals surface area contributed by atoms with Crippen molar-refractivity contribution in [3.8, 4) is 9.75 Å². The van der Waals surface area contributed by atoms with Crippen LogP contribution in [0, 0.1) is 13.8 Å². The molecule has 0 atom stereocenters. The number of aryl methyl sites for hydroxylation is 2. The van der Waals surface area contributed by atoms with Crippen molar-refractivity contribution in [3.05, 3.63) is 73.5 Å². The summed E-state index contributed by atoms with van der Waals surface area (Å²) in [4.78, 5) is 32.7. The summed E-state index contributed by atoms with van der Waals surface area (Å²) in [6.45, 7) is 3.97. The number of primary amides is 2. The van der Waals surface area contributed by atoms with Crippen LogP contribution in [0.4, 0.5) is 11.6 Å². The molecule has 0 aliphatic rings. The number of rotatable bonds is 4. The van der Waals surface area contributed by atoms with E-state index in [4.69, 9.17) is 33.0 Å². The number of fused-ring (bicyclic) bond motifs is 2. The average Bonchev–Trinajstić information content (AvgIpc) is 3.71. The first-order valence-corrected chi connectivity index (χ1v) is 16.1. The maximum atomic E-state index is 11.4. The van der Waals surface area contributed by atoms with Gasteiger partial charge in [0.2, 0.25) is 0 Å². The zero-order chi connectivity index (χ0) is 30.7. The van der Waals surface area contributed by atoms with Gasteiger partial charge in [0.1, 0.15) is 11.6 Å². The number of aromatic nitrogens is 2. The Hall–Kier alpha value is -3.38. The van der Waals surface area contributed by atoms with E-state index in [1.165, 1.54) is 52.0 Å². The molecule has 0 unspecified atom stereocenters. The monoisotopic (exact) mass is 702 g/mol. The molecular formula is C26H24BBrN6O4S4. The topological polar surface area (TPSA) is 204 Å². The summed E-state index contributed by atoms with van der Waals surface area (Å²) in [5, 5.41) is 22.7. The maximum absolute atomic E-state index is 11.4. The van der Waals surface area contributed by atoms with Crippen LogP contribution in [0.1, 0.15) is 31.8 Å². The molecule has 0 saturated carbocycles. The molecule has 10 N–H and O–H groups in total. The lowest BCUT2D eigenvalue weighted by atomic mass is 9.89. The van der Waals surface area contributed by atoms with Gasteiger partial charge in [-0.3, -0.25) is 9.59 Å². The van der Waals surface area contributed by atoms with E-state index in [2.05, 4.69) is 44.3 Å². The number of carbonyl (C=O) groups excluding carboxylic acids is 2. The first-order chi connectivity index (χ1) is 19.8. The van der Waals surface area contributed by atoms with Gasteiger partial charge in [-0.15, -0.1) is 34.0 Å². The fourth-order valence-corrected chi connectivity index (χ4v) is 8.24. The predicted octanol–water partition coefficient (Wildman–Crippen LogP) is 4.49. The normalized spacial score (nSPS) is 10.6. The number of pyridine rings is 2. The lowest BCUT2D eigenvalue weighted by Crippen LogP contribution is -2.26. The van der Waals surface area contributed by atoms with Gasteiger partial charge in [0.15, 0.2) is 0 Å². The molecule has 6 heterocycles. The van der Waals surface area contributed by atoms with E-state index in [1.54, 1.807) is 17.4 Å². The summed E-state index contributed by atoms with van der Waals surface area (Å²) in [5.74, 6) is -0.132. The van der Waals surface area contributed by atoms with Crippen LogP contribution < -0.4 is 27.7 Å². The molecule has 6 rings (SSSR count). The van der Waals surface area contributed by atoms with Gasteiger partial charge in [-0.1, -0.05) is 0 Å². The van der Waals surface area contributed by atoms with Crippen LogP contribution in [0.5, 0.6) is 0 Å². The van der Waals surface area contributed by atoms with Gasteiger partial charge in [-0.05, 0) is 75.9 Å². The molecule has 0 aliphatic carbocycles. The van der Waals surface area contributed by atoms with Crippen LogP contribution >= 0.6 is 61.3 Å². The Morgan fingerprint density at radius 2 is 1.31 bits per heavy atom. The van der Waals surface area contributed by atoms with Gasteiger partial charge < -0.3 is 33.0 Å². The smallest absolute Gasteiger partial charge is 0.423 e. The number of halogens is 1. The summed E-state index contributed by atoms with van der Waals surface area (Å²) in [6.07, 6.45) is 2.85. The van der Waals surface area contributed by atoms with Gasteiger partial charge >= 0.3 is 7.12 Å². The van der Waals surface area contributed by atoms with Crippen molar-refractivity contribution in [2.75, 3.05) is 11.5 Å². The average molecular weight is 704 g/mol. The summed E-state index contributed by atoms with van der Waals surface area (Å²) in [7, 11) is -1.30. The van der Waals surface area contributed by atoms with Gasteiger partial charge in [0.25, 0.3) is 11.8 Å². The molecule has 0 radical (unpaired) electrons. The molecule has 6 aromatic heterocycles. The van der Waals surface area contributed by atoms with E-state index < -0.39 is 18.9 Å². The summed E-state index contributed by atoms with van der Waals surface area (Å²) in [5.41, 5.74) is 25.2. The number of amides is 2. The SMILES string of the molecule is Cc1csc(-c2cc3c(N)ncc(C(N)=O)c3s2)c1.Cc1csc(B(O)O)c1.NC(=O)c1cnc(N)c2cc(Br)sc12. The molecule has 0 fully saturated rings. The number of nitrogens with two attached hydrogens (primary N) is 4. The quantitative estimate of drug-likeness (QED) is 0.144. The lowest BCUT2D eigenvalue weighted by molar-refractivity contribution is 0.0993. The second kappa shape index (κ2) is 13.3. The first-order valence-electron chi connectivity index (χ1n) is 11.9. The van der Waals surface area contributed by atoms with E-state index in [1.807, 2.05) is 24.4 Å². The molecule has 16 heteroatoms. The van der Waals surface area contributed by atoms with Crippen LogP contribution in [0.25, 0.3) is 29.9 Å². The van der Waals surface area contributed by atoms with Crippen molar-refractivity contribution >= 4 is 117 Å². The molecule has 0 spiro atoms. The van der Waals surface area contributed by atoms with Crippen molar-refractivity contribution in [1.82, 2.24) is 9.97 Å². The Morgan fingerprint density at radius 1 is 0.786 bits per heavy atom. The molecule has 2 amide bonds. The predicted molar refractivity (Wildman–Crippen MR) is 180 cm³/mol. The molecule has 10 nitrogen and oxygen atoms in total. The Labute approximate surface area is 264 Å². The van der Waals surface area contributed by atoms with Gasteiger partial charge in [-0.25, -0.2) is 9.97 Å². The Bertz CT molecular complexity index is 1920. The molecule has 0 aliphatic heterocycles.